The Bertz CT molecular complexity index is 2470. The lowest BCUT2D eigenvalue weighted by Gasteiger charge is -2.39. The fraction of sp³-hybridized carbons (Fsp3) is 0.577. The minimum Gasteiger partial charge on any atom is -0.453 e. The minimum absolute atomic E-state index is 0.0218. The molecule has 6 heterocycles. The van der Waals surface area contributed by atoms with Crippen LogP contribution in [0, 0.1) is 11.8 Å². The maximum atomic E-state index is 14.5. The summed E-state index contributed by atoms with van der Waals surface area (Å²) in [6, 6.07) is 10.8. The van der Waals surface area contributed by atoms with Crippen molar-refractivity contribution in [3.05, 3.63) is 71.6 Å². The van der Waals surface area contributed by atoms with Crippen LogP contribution >= 0.6 is 0 Å². The van der Waals surface area contributed by atoms with Crippen LogP contribution in [0.5, 0.6) is 0 Å². The molecule has 16 nitrogen and oxygen atoms in total. The standard InChI is InChI=1S/C52H68N8O8/c1-27-9-19-43(59(27)49(61)45(57-51(63)65-7)35-21-29(3)67-30(4)22-35)47-53-25-41(55-47)34-13-11-33(12-14-34)37-15-18-40(39-17-16-38(37)39)42-26-54-48(56-42)44-20-10-28(2)60(44)50(62)46(58-52(64)66-8)36-23-31(5)68-32(6)24-36/h11-15,18,25-32,35-36,43-46H,9-10,16-17,19-24H2,1-8H3,(H,53,55)(H,54,56)(H,57,63)(H,58,64)/t27-,28-,29+,30+,31+,32+,43-,44-,45-,46-/m0/s1. The molecule has 364 valence electrons. The first kappa shape index (κ1) is 47.3. The molecule has 4 amide bonds. The molecule has 68 heavy (non-hydrogen) atoms. The third-order valence-corrected chi connectivity index (χ3v) is 15.4. The van der Waals surface area contributed by atoms with E-state index in [4.69, 9.17) is 28.9 Å². The van der Waals surface area contributed by atoms with Gasteiger partial charge in [-0.1, -0.05) is 36.4 Å². The van der Waals surface area contributed by atoms with Crippen molar-refractivity contribution in [2.24, 2.45) is 11.8 Å². The molecule has 5 aliphatic rings. The lowest BCUT2D eigenvalue weighted by molar-refractivity contribution is -0.141. The van der Waals surface area contributed by atoms with Gasteiger partial charge >= 0.3 is 12.2 Å². The van der Waals surface area contributed by atoms with Crippen LogP contribution in [0.1, 0.15) is 128 Å². The highest BCUT2D eigenvalue weighted by atomic mass is 16.5. The number of fused-ring (bicyclic) bond motifs is 1. The van der Waals surface area contributed by atoms with Crippen LogP contribution in [0.15, 0.2) is 48.8 Å². The highest BCUT2D eigenvalue weighted by Crippen LogP contribution is 2.43. The number of carbonyl (C=O) groups is 4. The van der Waals surface area contributed by atoms with Crippen molar-refractivity contribution in [1.82, 2.24) is 40.4 Å². The summed E-state index contributed by atoms with van der Waals surface area (Å²) in [6.07, 6.45) is 10.3. The van der Waals surface area contributed by atoms with Gasteiger partial charge in [-0.05, 0) is 140 Å². The summed E-state index contributed by atoms with van der Waals surface area (Å²) in [7, 11) is 2.64. The number of imidazole rings is 2. The molecule has 16 heteroatoms. The van der Waals surface area contributed by atoms with E-state index in [1.807, 2.05) is 49.9 Å². The molecule has 9 rings (SSSR count). The molecule has 4 fully saturated rings. The van der Waals surface area contributed by atoms with E-state index >= 15 is 0 Å². The van der Waals surface area contributed by atoms with Crippen molar-refractivity contribution in [3.63, 3.8) is 0 Å². The molecule has 2 aromatic carbocycles. The second-order valence-electron chi connectivity index (χ2n) is 20.1. The molecule has 4 aromatic rings. The molecule has 0 spiro atoms. The molecule has 4 N–H and O–H groups in total. The number of methoxy groups -OCH3 is 2. The zero-order valence-electron chi connectivity index (χ0n) is 40.7. The Labute approximate surface area is 399 Å². The Morgan fingerprint density at radius 3 is 1.46 bits per heavy atom. The number of nitrogens with zero attached hydrogens (tertiary/aromatic N) is 4. The molecule has 0 radical (unpaired) electrons. The first-order valence-corrected chi connectivity index (χ1v) is 24.7. The molecule has 4 saturated heterocycles. The first-order valence-electron chi connectivity index (χ1n) is 24.7. The van der Waals surface area contributed by atoms with Gasteiger partial charge < -0.3 is 49.3 Å². The van der Waals surface area contributed by atoms with Crippen molar-refractivity contribution >= 4 is 24.0 Å². The van der Waals surface area contributed by atoms with Gasteiger partial charge in [-0.3, -0.25) is 9.59 Å². The molecule has 4 aliphatic heterocycles. The van der Waals surface area contributed by atoms with Gasteiger partial charge in [-0.25, -0.2) is 19.6 Å². The zero-order chi connectivity index (χ0) is 48.0. The maximum Gasteiger partial charge on any atom is 0.407 e. The van der Waals surface area contributed by atoms with Crippen LogP contribution in [0.25, 0.3) is 33.6 Å². The summed E-state index contributed by atoms with van der Waals surface area (Å²) in [5.74, 6) is 1.07. The summed E-state index contributed by atoms with van der Waals surface area (Å²) < 4.78 is 21.9. The highest BCUT2D eigenvalue weighted by molar-refractivity contribution is 5.88. The van der Waals surface area contributed by atoms with Crippen molar-refractivity contribution in [2.45, 2.75) is 166 Å². The van der Waals surface area contributed by atoms with Gasteiger partial charge in [0.2, 0.25) is 11.8 Å². The number of hydrogen-bond acceptors (Lipinski definition) is 10. The predicted molar refractivity (Wildman–Crippen MR) is 255 cm³/mol. The zero-order valence-corrected chi connectivity index (χ0v) is 40.7. The average molecular weight is 933 g/mol. The third kappa shape index (κ3) is 9.37. The van der Waals surface area contributed by atoms with E-state index in [0.717, 1.165) is 78.3 Å². The number of carbonyl (C=O) groups excluding carboxylic acids is 4. The van der Waals surface area contributed by atoms with Gasteiger partial charge in [0.1, 0.15) is 23.7 Å². The molecule has 0 saturated carbocycles. The molecule has 1 aliphatic carbocycles. The van der Waals surface area contributed by atoms with Crippen molar-refractivity contribution in [3.8, 4) is 33.6 Å². The average Bonchev–Trinajstić information content (AvgIpc) is 4.13. The topological polar surface area (TPSA) is 193 Å². The Kier molecular flexibility index (Phi) is 13.7. The van der Waals surface area contributed by atoms with E-state index in [9.17, 15) is 19.2 Å². The Hall–Kier alpha value is -5.74. The highest BCUT2D eigenvalue weighted by Gasteiger charge is 2.46. The third-order valence-electron chi connectivity index (χ3n) is 15.4. The van der Waals surface area contributed by atoms with E-state index in [1.165, 1.54) is 30.9 Å². The van der Waals surface area contributed by atoms with Crippen molar-refractivity contribution in [2.75, 3.05) is 14.2 Å². The first-order chi connectivity index (χ1) is 32.7. The number of hydrogen-bond donors (Lipinski definition) is 4. The number of likely N-dealkylation sites (tertiary alicyclic amines) is 2. The Morgan fingerprint density at radius 2 is 1.00 bits per heavy atom. The van der Waals surface area contributed by atoms with Gasteiger partial charge in [0.25, 0.3) is 0 Å². The summed E-state index contributed by atoms with van der Waals surface area (Å²) in [6.45, 7) is 12.2. The van der Waals surface area contributed by atoms with E-state index in [2.05, 4.69) is 70.8 Å². The van der Waals surface area contributed by atoms with Crippen LogP contribution in [0.2, 0.25) is 0 Å². The number of benzene rings is 2. The number of rotatable bonds is 11. The fourth-order valence-corrected chi connectivity index (χ4v) is 12.1. The minimum atomic E-state index is -0.735. The van der Waals surface area contributed by atoms with Crippen LogP contribution in [-0.2, 0) is 41.4 Å². The van der Waals surface area contributed by atoms with Crippen LogP contribution in [0.4, 0.5) is 9.59 Å². The van der Waals surface area contributed by atoms with Crippen molar-refractivity contribution < 1.29 is 38.1 Å². The summed E-state index contributed by atoms with van der Waals surface area (Å²) in [5, 5.41) is 5.78. The van der Waals surface area contributed by atoms with E-state index in [0.29, 0.717) is 25.7 Å². The Morgan fingerprint density at radius 1 is 0.588 bits per heavy atom. The number of alkyl carbamates (subject to hydrolysis) is 2. The van der Waals surface area contributed by atoms with Gasteiger partial charge in [-0.2, -0.15) is 0 Å². The number of amides is 4. The second-order valence-corrected chi connectivity index (χ2v) is 20.1. The quantitative estimate of drug-likeness (QED) is 0.114. The molecule has 0 bridgehead atoms. The van der Waals surface area contributed by atoms with Gasteiger partial charge in [0, 0.05) is 35.6 Å². The molecule has 2 aromatic heterocycles. The largest absolute Gasteiger partial charge is 0.453 e. The number of H-pyrrole nitrogens is 2. The van der Waals surface area contributed by atoms with Gasteiger partial charge in [0.15, 0.2) is 0 Å². The summed E-state index contributed by atoms with van der Waals surface area (Å²) in [5.41, 5.74) is 8.63. The molecular weight excluding hydrogens is 865 g/mol. The smallest absolute Gasteiger partial charge is 0.407 e. The summed E-state index contributed by atoms with van der Waals surface area (Å²) >= 11 is 0. The van der Waals surface area contributed by atoms with Crippen LogP contribution in [-0.4, -0.2) is 117 Å². The number of aromatic amines is 2. The van der Waals surface area contributed by atoms with E-state index in [1.54, 1.807) is 0 Å². The molecular formula is C52H68N8O8. The van der Waals surface area contributed by atoms with Crippen molar-refractivity contribution in [1.29, 1.82) is 0 Å². The predicted octanol–water partition coefficient (Wildman–Crippen LogP) is 8.19. The second kappa shape index (κ2) is 19.7. The molecule has 0 unspecified atom stereocenters. The maximum absolute atomic E-state index is 14.5. The Balaban J connectivity index is 0.899. The van der Waals surface area contributed by atoms with E-state index in [-0.39, 0.29) is 72.2 Å². The SMILES string of the molecule is COC(=O)N[C@H](C(=O)N1[C@@H](C)CC[C@H]1c1nc(-c2ccc(-c3ccc(-c4c[nH]c([C@@H]5CC[C@H](C)N5C(=O)[C@@H](NC(=O)OC)C5C[C@@H](C)O[C@H](C)C5)n4)c4c3CC4)cc2)c[nH]1)C1C[C@@H](C)O[C@H](C)C1. The van der Waals surface area contributed by atoms with Gasteiger partial charge in [-0.15, -0.1) is 0 Å². The lowest BCUT2D eigenvalue weighted by Crippen LogP contribution is -2.55. The number of ether oxygens (including phenoxy) is 4. The monoisotopic (exact) mass is 933 g/mol. The van der Waals surface area contributed by atoms with Gasteiger partial charge in [0.05, 0.1) is 62.1 Å². The van der Waals surface area contributed by atoms with Crippen LogP contribution < -0.4 is 10.6 Å². The number of aromatic nitrogens is 4. The van der Waals surface area contributed by atoms with Crippen LogP contribution in [0.3, 0.4) is 0 Å². The normalized spacial score (nSPS) is 28.8. The van der Waals surface area contributed by atoms with E-state index < -0.39 is 24.3 Å². The lowest BCUT2D eigenvalue weighted by atomic mass is 9.79. The molecule has 10 atom stereocenters. The fourth-order valence-electron chi connectivity index (χ4n) is 12.1. The summed E-state index contributed by atoms with van der Waals surface area (Å²) in [4.78, 5) is 75.0. The number of nitrogens with one attached hydrogen (secondary N) is 4.